The van der Waals surface area contributed by atoms with Crippen molar-refractivity contribution in [1.82, 2.24) is 24.9 Å². The van der Waals surface area contributed by atoms with Crippen LogP contribution in [0.25, 0.3) is 27.5 Å². The van der Waals surface area contributed by atoms with E-state index in [1.807, 2.05) is 28.9 Å². The molecule has 1 unspecified atom stereocenters. The van der Waals surface area contributed by atoms with Gasteiger partial charge in [0.2, 0.25) is 5.91 Å². The van der Waals surface area contributed by atoms with E-state index in [1.165, 1.54) is 18.0 Å². The zero-order valence-corrected chi connectivity index (χ0v) is 17.4. The van der Waals surface area contributed by atoms with Gasteiger partial charge in [-0.1, -0.05) is 31.7 Å². The molecule has 0 fully saturated rings. The SMILES string of the molecule is C=CC(=O)NCC1Cc2c(c(-c3cnc4ccccc4c3)c3c(N)ncnn23)[C@@H](C)C1. The third-order valence-electron chi connectivity index (χ3n) is 6.18. The number of nitrogen functional groups attached to an aromatic ring is 1. The predicted molar refractivity (Wildman–Crippen MR) is 122 cm³/mol. The number of carbonyl (C=O) groups excluding carboxylic acids is 1. The molecule has 2 atom stereocenters. The maximum absolute atomic E-state index is 11.7. The molecule has 156 valence electrons. The van der Waals surface area contributed by atoms with Crippen molar-refractivity contribution < 1.29 is 4.79 Å². The first-order chi connectivity index (χ1) is 15.1. The number of aromatic nitrogens is 4. The van der Waals surface area contributed by atoms with E-state index in [0.717, 1.165) is 46.1 Å². The van der Waals surface area contributed by atoms with Gasteiger partial charge in [-0.3, -0.25) is 9.78 Å². The smallest absolute Gasteiger partial charge is 0.243 e. The number of amides is 1. The quantitative estimate of drug-likeness (QED) is 0.500. The molecule has 1 amide bonds. The van der Waals surface area contributed by atoms with E-state index in [2.05, 4.69) is 46.0 Å². The van der Waals surface area contributed by atoms with Gasteiger partial charge >= 0.3 is 0 Å². The molecule has 1 aromatic carbocycles. The summed E-state index contributed by atoms with van der Waals surface area (Å²) in [5.41, 5.74) is 12.6. The zero-order valence-electron chi connectivity index (χ0n) is 17.4. The van der Waals surface area contributed by atoms with E-state index in [0.29, 0.717) is 18.3 Å². The average Bonchev–Trinajstić information content (AvgIpc) is 3.13. The van der Waals surface area contributed by atoms with Crippen LogP contribution in [0.15, 0.2) is 55.5 Å². The first-order valence-corrected chi connectivity index (χ1v) is 10.5. The fourth-order valence-corrected chi connectivity index (χ4v) is 4.87. The number of nitrogens with zero attached hydrogens (tertiary/aromatic N) is 4. The Labute approximate surface area is 180 Å². The number of nitrogens with one attached hydrogen (secondary N) is 1. The first-order valence-electron chi connectivity index (χ1n) is 10.5. The normalized spacial score (nSPS) is 18.1. The van der Waals surface area contributed by atoms with Gasteiger partial charge < -0.3 is 11.1 Å². The van der Waals surface area contributed by atoms with Crippen molar-refractivity contribution in [2.45, 2.75) is 25.7 Å². The molecule has 0 bridgehead atoms. The average molecular weight is 412 g/mol. The lowest BCUT2D eigenvalue weighted by molar-refractivity contribution is -0.116. The summed E-state index contributed by atoms with van der Waals surface area (Å²) >= 11 is 0. The summed E-state index contributed by atoms with van der Waals surface area (Å²) in [7, 11) is 0. The van der Waals surface area contributed by atoms with Crippen molar-refractivity contribution in [3.05, 3.63) is 66.8 Å². The van der Waals surface area contributed by atoms with Gasteiger partial charge in [0.1, 0.15) is 11.8 Å². The minimum Gasteiger partial charge on any atom is -0.382 e. The Bertz CT molecular complexity index is 1320. The number of rotatable bonds is 4. The van der Waals surface area contributed by atoms with Crippen molar-refractivity contribution in [2.24, 2.45) is 5.92 Å². The number of nitrogens with two attached hydrogens (primary N) is 1. The van der Waals surface area contributed by atoms with E-state index in [4.69, 9.17) is 5.73 Å². The molecule has 0 aliphatic heterocycles. The molecule has 0 saturated heterocycles. The molecule has 0 saturated carbocycles. The molecule has 4 aromatic rings. The molecule has 1 aliphatic rings. The standard InChI is InChI=1S/C24H24N6O/c1-3-20(31)27-11-15-8-14(2)21-19(9-15)30-23(24(25)28-13-29-30)22(21)17-10-16-6-4-5-7-18(16)26-12-17/h3-7,10,12-15H,1,8-9,11H2,2H3,(H,27,31)(H2,25,28,29)/t14-,15?/m0/s1. The van der Waals surface area contributed by atoms with Gasteiger partial charge in [0.15, 0.2) is 5.82 Å². The number of hydrogen-bond donors (Lipinski definition) is 2. The highest BCUT2D eigenvalue weighted by Gasteiger charge is 2.33. The van der Waals surface area contributed by atoms with Crippen LogP contribution in [0.2, 0.25) is 0 Å². The van der Waals surface area contributed by atoms with Crippen molar-refractivity contribution in [3.63, 3.8) is 0 Å². The third-order valence-corrected chi connectivity index (χ3v) is 6.18. The van der Waals surface area contributed by atoms with Gasteiger partial charge in [0.25, 0.3) is 0 Å². The number of para-hydroxylation sites is 1. The lowest BCUT2D eigenvalue weighted by atomic mass is 9.78. The van der Waals surface area contributed by atoms with Crippen LogP contribution in [0.3, 0.4) is 0 Å². The lowest BCUT2D eigenvalue weighted by Crippen LogP contribution is -2.32. The Hall–Kier alpha value is -3.74. The molecule has 0 radical (unpaired) electrons. The van der Waals surface area contributed by atoms with E-state index < -0.39 is 0 Å². The Morgan fingerprint density at radius 2 is 2.19 bits per heavy atom. The van der Waals surface area contributed by atoms with Crippen LogP contribution in [-0.4, -0.2) is 32.0 Å². The van der Waals surface area contributed by atoms with Crippen molar-refractivity contribution in [2.75, 3.05) is 12.3 Å². The van der Waals surface area contributed by atoms with Gasteiger partial charge in [-0.25, -0.2) is 9.50 Å². The largest absolute Gasteiger partial charge is 0.382 e. The molecule has 5 rings (SSSR count). The number of carbonyl (C=O) groups is 1. The number of pyridine rings is 1. The second-order valence-electron chi connectivity index (χ2n) is 8.21. The zero-order chi connectivity index (χ0) is 21.5. The maximum atomic E-state index is 11.7. The minimum absolute atomic E-state index is 0.145. The first kappa shape index (κ1) is 19.2. The highest BCUT2D eigenvalue weighted by Crippen LogP contribution is 2.45. The van der Waals surface area contributed by atoms with Crippen molar-refractivity contribution in [1.29, 1.82) is 0 Å². The summed E-state index contributed by atoms with van der Waals surface area (Å²) in [5.74, 6) is 0.893. The molecule has 3 N–H and O–H groups in total. The van der Waals surface area contributed by atoms with Gasteiger partial charge in [-0.05, 0) is 48.4 Å². The molecular weight excluding hydrogens is 388 g/mol. The van der Waals surface area contributed by atoms with Gasteiger partial charge in [0.05, 0.1) is 5.52 Å². The van der Waals surface area contributed by atoms with E-state index in [1.54, 1.807) is 0 Å². The Balaban J connectivity index is 1.67. The number of fused-ring (bicyclic) bond motifs is 4. The van der Waals surface area contributed by atoms with Crippen molar-refractivity contribution >= 4 is 28.1 Å². The second kappa shape index (κ2) is 7.50. The molecule has 7 heteroatoms. The van der Waals surface area contributed by atoms with Crippen LogP contribution < -0.4 is 11.1 Å². The lowest BCUT2D eigenvalue weighted by Gasteiger charge is -2.28. The predicted octanol–water partition coefficient (Wildman–Crippen LogP) is 3.49. The highest BCUT2D eigenvalue weighted by atomic mass is 16.1. The van der Waals surface area contributed by atoms with Crippen molar-refractivity contribution in [3.8, 4) is 11.1 Å². The van der Waals surface area contributed by atoms with E-state index >= 15 is 0 Å². The third kappa shape index (κ3) is 3.22. The summed E-state index contributed by atoms with van der Waals surface area (Å²) in [6.45, 7) is 6.36. The van der Waals surface area contributed by atoms with Gasteiger partial charge in [-0.15, -0.1) is 0 Å². The highest BCUT2D eigenvalue weighted by molar-refractivity contribution is 5.94. The summed E-state index contributed by atoms with van der Waals surface area (Å²) in [6.07, 6.45) is 6.48. The summed E-state index contributed by atoms with van der Waals surface area (Å²) in [5, 5.41) is 8.56. The topological polar surface area (TPSA) is 98.2 Å². The summed E-state index contributed by atoms with van der Waals surface area (Å²) in [4.78, 5) is 20.6. The molecule has 3 heterocycles. The molecule has 3 aromatic heterocycles. The molecule has 31 heavy (non-hydrogen) atoms. The fourth-order valence-electron chi connectivity index (χ4n) is 4.87. The van der Waals surface area contributed by atoms with Gasteiger partial charge in [0, 0.05) is 34.9 Å². The van der Waals surface area contributed by atoms with E-state index in [-0.39, 0.29) is 11.8 Å². The van der Waals surface area contributed by atoms with E-state index in [9.17, 15) is 4.79 Å². The van der Waals surface area contributed by atoms with Crippen LogP contribution in [0.5, 0.6) is 0 Å². The molecular formula is C24H24N6O. The molecule has 1 aliphatic carbocycles. The molecule has 0 spiro atoms. The molecule has 7 nitrogen and oxygen atoms in total. The van der Waals surface area contributed by atoms with Gasteiger partial charge in [-0.2, -0.15) is 5.10 Å². The summed E-state index contributed by atoms with van der Waals surface area (Å²) in [6, 6.07) is 10.2. The maximum Gasteiger partial charge on any atom is 0.243 e. The summed E-state index contributed by atoms with van der Waals surface area (Å²) < 4.78 is 1.93. The monoisotopic (exact) mass is 412 g/mol. The van der Waals surface area contributed by atoms with Crippen LogP contribution in [0.4, 0.5) is 5.82 Å². The van der Waals surface area contributed by atoms with Crippen LogP contribution in [0.1, 0.15) is 30.5 Å². The number of anilines is 1. The number of benzene rings is 1. The fraction of sp³-hybridized carbons (Fsp3) is 0.250. The Kier molecular flexibility index (Phi) is 4.66. The Morgan fingerprint density at radius 3 is 3.03 bits per heavy atom. The van der Waals surface area contributed by atoms with Crippen LogP contribution in [0, 0.1) is 5.92 Å². The second-order valence-corrected chi connectivity index (χ2v) is 8.21. The number of hydrogen-bond acceptors (Lipinski definition) is 5. The van der Waals surface area contributed by atoms with Crippen LogP contribution in [-0.2, 0) is 11.2 Å². The van der Waals surface area contributed by atoms with Crippen LogP contribution >= 0.6 is 0 Å². The Morgan fingerprint density at radius 1 is 1.35 bits per heavy atom. The minimum atomic E-state index is -0.145.